The van der Waals surface area contributed by atoms with Gasteiger partial charge < -0.3 is 14.8 Å². The molecule has 0 fully saturated rings. The second-order valence-corrected chi connectivity index (χ2v) is 9.73. The number of nitrogens with zero attached hydrogens (tertiary/aromatic N) is 1. The van der Waals surface area contributed by atoms with Crippen LogP contribution in [0.25, 0.3) is 0 Å². The Morgan fingerprint density at radius 1 is 1.02 bits per heavy atom. The monoisotopic (exact) mass is 616 g/mol. The van der Waals surface area contributed by atoms with E-state index in [-0.39, 0.29) is 40.5 Å². The number of nitro benzene ring substituents is 1. The quantitative estimate of drug-likeness (QED) is 0.163. The molecule has 0 aliphatic rings. The van der Waals surface area contributed by atoms with Gasteiger partial charge in [-0.05, 0) is 63.2 Å². The highest BCUT2D eigenvalue weighted by molar-refractivity contribution is 6.35. The van der Waals surface area contributed by atoms with Gasteiger partial charge in [0.1, 0.15) is 11.5 Å². The first-order chi connectivity index (χ1) is 18.6. The summed E-state index contributed by atoms with van der Waals surface area (Å²) in [4.78, 5) is 22.1. The highest BCUT2D eigenvalue weighted by atomic mass is 35.5. The van der Waals surface area contributed by atoms with Crippen molar-refractivity contribution in [3.05, 3.63) is 90.9 Å². The van der Waals surface area contributed by atoms with Gasteiger partial charge in [-0.15, -0.1) is 6.42 Å². The third kappa shape index (κ3) is 9.52. The van der Waals surface area contributed by atoms with Crippen LogP contribution in [-0.4, -0.2) is 23.0 Å². The zero-order valence-corrected chi connectivity index (χ0v) is 23.5. The number of carbonyl (C=O) groups excluding carboxylic acids is 1. The van der Waals surface area contributed by atoms with E-state index < -0.39 is 22.2 Å². The number of benzene rings is 3. The first-order valence-corrected chi connectivity index (χ1v) is 12.4. The number of rotatable bonds is 7. The van der Waals surface area contributed by atoms with Crippen molar-refractivity contribution < 1.29 is 32.4 Å². The number of amides is 1. The summed E-state index contributed by atoms with van der Waals surface area (Å²) in [5.74, 6) is 2.29. The molecule has 0 aliphatic carbocycles. The van der Waals surface area contributed by atoms with Gasteiger partial charge in [0, 0.05) is 27.7 Å². The molecule has 1 N–H and O–H groups in total. The maximum atomic E-state index is 12.6. The van der Waals surface area contributed by atoms with E-state index in [4.69, 9.17) is 50.7 Å². The molecule has 40 heavy (non-hydrogen) atoms. The molecule has 0 saturated carbocycles. The second kappa shape index (κ2) is 13.6. The molecule has 0 saturated heterocycles. The van der Waals surface area contributed by atoms with E-state index in [1.807, 2.05) is 0 Å². The van der Waals surface area contributed by atoms with Crippen molar-refractivity contribution >= 4 is 46.4 Å². The Balaban J connectivity index is 0.000000305. The van der Waals surface area contributed by atoms with Crippen LogP contribution >= 0.6 is 34.8 Å². The minimum Gasteiger partial charge on any atom is -0.487 e. The molecule has 7 nitrogen and oxygen atoms in total. The van der Waals surface area contributed by atoms with Crippen molar-refractivity contribution in [3.63, 3.8) is 0 Å². The number of nitro groups is 1. The minimum absolute atomic E-state index is 0.0111. The maximum absolute atomic E-state index is 12.6. The van der Waals surface area contributed by atoms with Crippen molar-refractivity contribution in [2.75, 3.05) is 6.61 Å². The normalized spacial score (nSPS) is 11.0. The second-order valence-electron chi connectivity index (χ2n) is 8.45. The van der Waals surface area contributed by atoms with Gasteiger partial charge in [-0.2, -0.15) is 13.2 Å². The fourth-order valence-electron chi connectivity index (χ4n) is 2.94. The van der Waals surface area contributed by atoms with Crippen molar-refractivity contribution in [2.45, 2.75) is 32.5 Å². The van der Waals surface area contributed by atoms with E-state index in [1.54, 1.807) is 26.8 Å². The summed E-state index contributed by atoms with van der Waals surface area (Å²) in [6, 6.07) is 11.0. The first kappa shape index (κ1) is 32.6. The topological polar surface area (TPSA) is 90.7 Å². The van der Waals surface area contributed by atoms with Gasteiger partial charge in [-0.3, -0.25) is 14.9 Å². The van der Waals surface area contributed by atoms with Crippen LogP contribution in [0.3, 0.4) is 0 Å². The molecule has 0 heterocycles. The number of hydrogen-bond donors (Lipinski definition) is 1. The van der Waals surface area contributed by atoms with E-state index in [0.29, 0.717) is 15.6 Å². The van der Waals surface area contributed by atoms with Gasteiger partial charge in [-0.25, -0.2) is 0 Å². The zero-order chi connectivity index (χ0) is 30.3. The van der Waals surface area contributed by atoms with Crippen LogP contribution in [0.1, 0.15) is 36.7 Å². The Hall–Kier alpha value is -3.65. The fraction of sp³-hybridized carbons (Fsp3) is 0.222. The molecule has 0 spiro atoms. The van der Waals surface area contributed by atoms with Gasteiger partial charge in [0.25, 0.3) is 5.91 Å². The average Bonchev–Trinajstić information content (AvgIpc) is 2.84. The van der Waals surface area contributed by atoms with Crippen LogP contribution in [0.2, 0.25) is 15.1 Å². The van der Waals surface area contributed by atoms with Crippen molar-refractivity contribution in [1.29, 1.82) is 0 Å². The Labute approximate surface area is 243 Å². The third-order valence-corrected chi connectivity index (χ3v) is 5.56. The van der Waals surface area contributed by atoms with Crippen LogP contribution in [0, 0.1) is 22.5 Å². The number of ether oxygens (including phenoxy) is 2. The predicted molar refractivity (Wildman–Crippen MR) is 148 cm³/mol. The number of alkyl halides is 3. The summed E-state index contributed by atoms with van der Waals surface area (Å²) in [6.45, 7) is 5.32. The van der Waals surface area contributed by atoms with Crippen LogP contribution in [0.4, 0.5) is 18.9 Å². The summed E-state index contributed by atoms with van der Waals surface area (Å²) in [7, 11) is 0. The minimum atomic E-state index is -4.52. The highest BCUT2D eigenvalue weighted by Gasteiger charge is 2.31. The molecular weight excluding hydrogens is 596 g/mol. The lowest BCUT2D eigenvalue weighted by atomic mass is 10.1. The van der Waals surface area contributed by atoms with Crippen LogP contribution in [0.5, 0.6) is 17.2 Å². The Morgan fingerprint density at radius 2 is 1.65 bits per heavy atom. The standard InChI is InChI=1S/C15H11ClF3NO4.C12H11Cl2NO/c1-2-23-14-8-10(4-5-12(14)20(21)22)24-13-6-3-9(7-11(13)16)15(17,18)19;1-4-12(2,3)15-11(16)8-5-9(13)7-10(14)6-8/h3-8H,2H2,1H3;1,5-7H,2-3H3,(H,15,16). The van der Waals surface area contributed by atoms with Gasteiger partial charge in [-0.1, -0.05) is 40.7 Å². The largest absolute Gasteiger partial charge is 0.487 e. The van der Waals surface area contributed by atoms with Gasteiger partial charge in [0.05, 0.1) is 27.7 Å². The predicted octanol–water partition coefficient (Wildman–Crippen LogP) is 8.59. The molecule has 3 aromatic carbocycles. The molecule has 1 amide bonds. The van der Waals surface area contributed by atoms with Crippen molar-refractivity contribution in [3.8, 4) is 29.6 Å². The molecule has 13 heteroatoms. The summed E-state index contributed by atoms with van der Waals surface area (Å²) in [6.07, 6.45) is 0.759. The van der Waals surface area contributed by atoms with E-state index >= 15 is 0 Å². The molecule has 0 atom stereocenters. The van der Waals surface area contributed by atoms with E-state index in [0.717, 1.165) is 18.2 Å². The summed E-state index contributed by atoms with van der Waals surface area (Å²) in [5, 5.41) is 14.2. The van der Waals surface area contributed by atoms with Crippen molar-refractivity contribution in [1.82, 2.24) is 5.32 Å². The molecule has 212 valence electrons. The third-order valence-electron chi connectivity index (χ3n) is 4.83. The molecule has 0 unspecified atom stereocenters. The Morgan fingerprint density at radius 3 is 2.15 bits per heavy atom. The first-order valence-electron chi connectivity index (χ1n) is 11.3. The van der Waals surface area contributed by atoms with Crippen LogP contribution < -0.4 is 14.8 Å². The lowest BCUT2D eigenvalue weighted by Gasteiger charge is -2.19. The van der Waals surface area contributed by atoms with Crippen LogP contribution in [0.15, 0.2) is 54.6 Å². The lowest BCUT2D eigenvalue weighted by Crippen LogP contribution is -2.42. The molecule has 0 bridgehead atoms. The number of nitrogens with one attached hydrogen (secondary N) is 1. The van der Waals surface area contributed by atoms with Crippen LogP contribution in [-0.2, 0) is 6.18 Å². The number of halogens is 6. The molecule has 3 rings (SSSR count). The van der Waals surface area contributed by atoms with E-state index in [9.17, 15) is 28.1 Å². The smallest absolute Gasteiger partial charge is 0.416 e. The number of carbonyl (C=O) groups is 1. The molecule has 0 aromatic heterocycles. The number of terminal acetylenes is 1. The molecule has 3 aromatic rings. The van der Waals surface area contributed by atoms with Gasteiger partial charge in [0.15, 0.2) is 0 Å². The van der Waals surface area contributed by atoms with Gasteiger partial charge in [0.2, 0.25) is 5.75 Å². The average molecular weight is 618 g/mol. The van der Waals surface area contributed by atoms with Gasteiger partial charge >= 0.3 is 11.9 Å². The number of hydrogen-bond acceptors (Lipinski definition) is 5. The zero-order valence-electron chi connectivity index (χ0n) is 21.2. The van der Waals surface area contributed by atoms with Crippen molar-refractivity contribution in [2.24, 2.45) is 0 Å². The van der Waals surface area contributed by atoms with E-state index in [1.165, 1.54) is 30.3 Å². The molecule has 0 aliphatic heterocycles. The maximum Gasteiger partial charge on any atom is 0.416 e. The Kier molecular flexibility index (Phi) is 11.1. The molecule has 0 radical (unpaired) electrons. The molecular formula is C27H22Cl3F3N2O5. The summed E-state index contributed by atoms with van der Waals surface area (Å²) < 4.78 is 48.4. The lowest BCUT2D eigenvalue weighted by molar-refractivity contribution is -0.385. The van der Waals surface area contributed by atoms with E-state index in [2.05, 4.69) is 11.2 Å². The summed E-state index contributed by atoms with van der Waals surface area (Å²) in [5.41, 5.74) is -1.46. The Bertz CT molecular complexity index is 1420. The fourth-order valence-corrected chi connectivity index (χ4v) is 3.69. The SMILES string of the molecule is C#CC(C)(C)NC(=O)c1cc(Cl)cc(Cl)c1.CCOc1cc(Oc2ccc(C(F)(F)F)cc2Cl)ccc1[N+](=O)[O-]. The highest BCUT2D eigenvalue weighted by Crippen LogP contribution is 2.38. The summed E-state index contributed by atoms with van der Waals surface area (Å²) >= 11 is 17.4.